The van der Waals surface area contributed by atoms with Crippen molar-refractivity contribution in [3.8, 4) is 0 Å². The third-order valence-corrected chi connectivity index (χ3v) is 3.44. The van der Waals surface area contributed by atoms with Gasteiger partial charge in [-0.15, -0.1) is 0 Å². The maximum absolute atomic E-state index is 12.2. The van der Waals surface area contributed by atoms with Crippen molar-refractivity contribution in [3.05, 3.63) is 58.1 Å². The van der Waals surface area contributed by atoms with Gasteiger partial charge in [0.25, 0.3) is 5.91 Å². The van der Waals surface area contributed by atoms with E-state index in [4.69, 9.17) is 0 Å². The maximum atomic E-state index is 12.2. The zero-order valence-corrected chi connectivity index (χ0v) is 13.3. The molecule has 21 heavy (non-hydrogen) atoms. The number of aryl methyl sites for hydroxylation is 1. The summed E-state index contributed by atoms with van der Waals surface area (Å²) >= 11 is 3.33. The van der Waals surface area contributed by atoms with Crippen LogP contribution in [0.2, 0.25) is 0 Å². The van der Waals surface area contributed by atoms with Crippen LogP contribution in [0.1, 0.15) is 22.8 Å². The fraction of sp³-hybridized carbons (Fsp3) is 0.125. The molecule has 0 unspecified atom stereocenters. The molecule has 0 radical (unpaired) electrons. The fourth-order valence-electron chi connectivity index (χ4n) is 1.83. The van der Waals surface area contributed by atoms with E-state index in [1.807, 2.05) is 25.1 Å². The van der Waals surface area contributed by atoms with Gasteiger partial charge in [-0.1, -0.05) is 22.0 Å². The highest BCUT2D eigenvalue weighted by Gasteiger charge is 2.08. The molecule has 2 amide bonds. The molecular weight excluding hydrogens is 332 g/mol. The number of anilines is 2. The van der Waals surface area contributed by atoms with Crippen LogP contribution in [0.5, 0.6) is 0 Å². The molecule has 0 bridgehead atoms. The van der Waals surface area contributed by atoms with Crippen LogP contribution in [0, 0.1) is 6.92 Å². The van der Waals surface area contributed by atoms with Crippen molar-refractivity contribution in [1.29, 1.82) is 0 Å². The van der Waals surface area contributed by atoms with Crippen molar-refractivity contribution in [2.45, 2.75) is 13.8 Å². The number of nitrogens with one attached hydrogen (secondary N) is 2. The van der Waals surface area contributed by atoms with E-state index in [1.165, 1.54) is 6.92 Å². The average Bonchev–Trinajstić information content (AvgIpc) is 2.42. The predicted octanol–water partition coefficient (Wildman–Crippen LogP) is 3.97. The van der Waals surface area contributed by atoms with Gasteiger partial charge in [-0.2, -0.15) is 0 Å². The number of carbonyl (C=O) groups is 2. The molecule has 0 atom stereocenters. The second-order valence-corrected chi connectivity index (χ2v) is 5.59. The minimum Gasteiger partial charge on any atom is -0.326 e. The van der Waals surface area contributed by atoms with Crippen LogP contribution in [0.3, 0.4) is 0 Å². The van der Waals surface area contributed by atoms with Crippen molar-refractivity contribution in [2.75, 3.05) is 10.6 Å². The Balaban J connectivity index is 2.20. The van der Waals surface area contributed by atoms with Gasteiger partial charge >= 0.3 is 0 Å². The van der Waals surface area contributed by atoms with Crippen molar-refractivity contribution >= 4 is 39.1 Å². The second kappa shape index (κ2) is 6.54. The summed E-state index contributed by atoms with van der Waals surface area (Å²) in [6.07, 6.45) is 0. The first-order chi connectivity index (χ1) is 9.95. The highest BCUT2D eigenvalue weighted by Crippen LogP contribution is 2.21. The molecule has 0 heterocycles. The van der Waals surface area contributed by atoms with E-state index < -0.39 is 0 Å². The fourth-order valence-corrected chi connectivity index (χ4v) is 2.10. The number of benzene rings is 2. The molecule has 2 aromatic rings. The van der Waals surface area contributed by atoms with Crippen molar-refractivity contribution in [3.63, 3.8) is 0 Å². The Kier molecular flexibility index (Phi) is 4.75. The molecule has 0 aliphatic rings. The molecular formula is C16H15BrN2O2. The number of hydrogen-bond donors (Lipinski definition) is 2. The molecule has 4 nitrogen and oxygen atoms in total. The van der Waals surface area contributed by atoms with Crippen LogP contribution >= 0.6 is 15.9 Å². The summed E-state index contributed by atoms with van der Waals surface area (Å²) in [4.78, 5) is 23.3. The topological polar surface area (TPSA) is 58.2 Å². The number of hydrogen-bond acceptors (Lipinski definition) is 2. The molecule has 0 saturated carbocycles. The van der Waals surface area contributed by atoms with Crippen molar-refractivity contribution in [1.82, 2.24) is 0 Å². The molecule has 0 spiro atoms. The molecule has 2 rings (SSSR count). The van der Waals surface area contributed by atoms with E-state index in [1.54, 1.807) is 24.3 Å². The molecule has 0 saturated heterocycles. The molecule has 5 heteroatoms. The van der Waals surface area contributed by atoms with E-state index in [0.29, 0.717) is 16.9 Å². The van der Waals surface area contributed by atoms with Crippen molar-refractivity contribution in [2.24, 2.45) is 0 Å². The summed E-state index contributed by atoms with van der Waals surface area (Å²) in [7, 11) is 0. The molecule has 2 N–H and O–H groups in total. The lowest BCUT2D eigenvalue weighted by atomic mass is 10.1. The number of amides is 2. The average molecular weight is 347 g/mol. The van der Waals surface area contributed by atoms with E-state index in [2.05, 4.69) is 26.6 Å². The van der Waals surface area contributed by atoms with Crippen LogP contribution in [-0.2, 0) is 4.79 Å². The molecule has 0 fully saturated rings. The highest BCUT2D eigenvalue weighted by atomic mass is 79.9. The van der Waals surface area contributed by atoms with Crippen LogP contribution in [-0.4, -0.2) is 11.8 Å². The van der Waals surface area contributed by atoms with Gasteiger partial charge in [-0.05, 0) is 48.9 Å². The third-order valence-electron chi connectivity index (χ3n) is 2.91. The Morgan fingerprint density at radius 3 is 2.29 bits per heavy atom. The second-order valence-electron chi connectivity index (χ2n) is 4.67. The summed E-state index contributed by atoms with van der Waals surface area (Å²) in [5, 5.41) is 5.55. The quantitative estimate of drug-likeness (QED) is 0.883. The van der Waals surface area contributed by atoms with Gasteiger partial charge in [0.05, 0.1) is 0 Å². The first kappa shape index (κ1) is 15.3. The number of halogens is 1. The zero-order chi connectivity index (χ0) is 15.4. The standard InChI is InChI=1S/C16H15BrN2O2/c1-10-3-8-14(18-11(2)20)9-15(10)19-16(21)12-4-6-13(17)7-5-12/h3-9H,1-2H3,(H,18,20)(H,19,21). The Morgan fingerprint density at radius 1 is 1.00 bits per heavy atom. The lowest BCUT2D eigenvalue weighted by molar-refractivity contribution is -0.114. The van der Waals surface area contributed by atoms with Gasteiger partial charge < -0.3 is 10.6 Å². The first-order valence-corrected chi connectivity index (χ1v) is 7.20. The van der Waals surface area contributed by atoms with E-state index in [0.717, 1.165) is 10.0 Å². The summed E-state index contributed by atoms with van der Waals surface area (Å²) in [6, 6.07) is 12.5. The van der Waals surface area contributed by atoms with E-state index >= 15 is 0 Å². The van der Waals surface area contributed by atoms with Crippen LogP contribution in [0.15, 0.2) is 46.9 Å². The van der Waals surface area contributed by atoms with E-state index in [-0.39, 0.29) is 11.8 Å². The van der Waals surface area contributed by atoms with Gasteiger partial charge in [0, 0.05) is 28.3 Å². The van der Waals surface area contributed by atoms with Gasteiger partial charge in [-0.25, -0.2) is 0 Å². The minimum absolute atomic E-state index is 0.149. The number of rotatable bonds is 3. The normalized spacial score (nSPS) is 10.0. The third kappa shape index (κ3) is 4.16. The Hall–Kier alpha value is -2.14. The molecule has 0 aliphatic carbocycles. The summed E-state index contributed by atoms with van der Waals surface area (Å²) < 4.78 is 0.919. The predicted molar refractivity (Wildman–Crippen MR) is 87.6 cm³/mol. The summed E-state index contributed by atoms with van der Waals surface area (Å²) in [5.41, 5.74) is 2.82. The Labute approximate surface area is 131 Å². The lowest BCUT2D eigenvalue weighted by Gasteiger charge is -2.11. The Morgan fingerprint density at radius 2 is 1.67 bits per heavy atom. The van der Waals surface area contributed by atoms with E-state index in [9.17, 15) is 9.59 Å². The first-order valence-electron chi connectivity index (χ1n) is 6.41. The molecule has 2 aromatic carbocycles. The van der Waals surface area contributed by atoms with Crippen LogP contribution in [0.4, 0.5) is 11.4 Å². The van der Waals surface area contributed by atoms with Crippen LogP contribution < -0.4 is 10.6 Å². The number of carbonyl (C=O) groups excluding carboxylic acids is 2. The van der Waals surface area contributed by atoms with Crippen molar-refractivity contribution < 1.29 is 9.59 Å². The van der Waals surface area contributed by atoms with Gasteiger partial charge in [0.2, 0.25) is 5.91 Å². The maximum Gasteiger partial charge on any atom is 0.255 e. The largest absolute Gasteiger partial charge is 0.326 e. The molecule has 0 aromatic heterocycles. The molecule has 108 valence electrons. The van der Waals surface area contributed by atoms with Gasteiger partial charge in [-0.3, -0.25) is 9.59 Å². The van der Waals surface area contributed by atoms with Gasteiger partial charge in [0.15, 0.2) is 0 Å². The molecule has 0 aliphatic heterocycles. The van der Waals surface area contributed by atoms with Gasteiger partial charge in [0.1, 0.15) is 0 Å². The zero-order valence-electron chi connectivity index (χ0n) is 11.7. The SMILES string of the molecule is CC(=O)Nc1ccc(C)c(NC(=O)c2ccc(Br)cc2)c1. The monoisotopic (exact) mass is 346 g/mol. The minimum atomic E-state index is -0.189. The summed E-state index contributed by atoms with van der Waals surface area (Å²) in [6.45, 7) is 3.34. The summed E-state index contributed by atoms with van der Waals surface area (Å²) in [5.74, 6) is -0.338. The smallest absolute Gasteiger partial charge is 0.255 e. The van der Waals surface area contributed by atoms with Crippen LogP contribution in [0.25, 0.3) is 0 Å². The highest BCUT2D eigenvalue weighted by molar-refractivity contribution is 9.10. The lowest BCUT2D eigenvalue weighted by Crippen LogP contribution is -2.13. The Bertz CT molecular complexity index is 681.